The summed E-state index contributed by atoms with van der Waals surface area (Å²) in [5, 5.41) is 0.721. The highest BCUT2D eigenvalue weighted by atomic mass is 79.9. The molecule has 0 atom stereocenters. The highest BCUT2D eigenvalue weighted by Crippen LogP contribution is 2.25. The Morgan fingerprint density at radius 3 is 2.21 bits per heavy atom. The highest BCUT2D eigenvalue weighted by molar-refractivity contribution is 9.10. The minimum absolute atomic E-state index is 0.151. The molecule has 19 heavy (non-hydrogen) atoms. The molecule has 0 aliphatic rings. The summed E-state index contributed by atoms with van der Waals surface area (Å²) in [6.07, 6.45) is 0. The van der Waals surface area contributed by atoms with Gasteiger partial charge < -0.3 is 0 Å². The molecule has 0 spiro atoms. The number of nitrogens with one attached hydrogen (secondary N) is 1. The lowest BCUT2D eigenvalue weighted by molar-refractivity contribution is 0.601. The zero-order chi connectivity index (χ0) is 14.0. The second-order valence-electron chi connectivity index (χ2n) is 3.72. The number of sulfonamides is 1. The molecule has 0 amide bonds. The van der Waals surface area contributed by atoms with Crippen LogP contribution in [0.4, 0.5) is 5.69 Å². The van der Waals surface area contributed by atoms with E-state index in [2.05, 4.69) is 20.7 Å². The number of hydrogen-bond acceptors (Lipinski definition) is 2. The van der Waals surface area contributed by atoms with Crippen molar-refractivity contribution in [3.8, 4) is 0 Å². The molecule has 100 valence electrons. The van der Waals surface area contributed by atoms with E-state index in [1.165, 1.54) is 30.3 Å². The first-order valence-corrected chi connectivity index (χ1v) is 8.14. The fourth-order valence-corrected chi connectivity index (χ4v) is 3.62. The van der Waals surface area contributed by atoms with Gasteiger partial charge in [0.1, 0.15) is 0 Å². The Morgan fingerprint density at radius 2 is 1.63 bits per heavy atom. The molecule has 0 radical (unpaired) electrons. The van der Waals surface area contributed by atoms with E-state index >= 15 is 0 Å². The summed E-state index contributed by atoms with van der Waals surface area (Å²) in [6.45, 7) is 0. The molecule has 2 aromatic carbocycles. The van der Waals surface area contributed by atoms with Gasteiger partial charge in [0, 0.05) is 14.5 Å². The standard InChI is InChI=1S/C12H8BrCl2NO2S/c13-8-2-1-3-12(4-8)19(17,18)16-11-6-9(14)5-10(15)7-11/h1-7,16H. The molecule has 0 bridgehead atoms. The van der Waals surface area contributed by atoms with Crippen LogP contribution in [0.3, 0.4) is 0 Å². The Bertz CT molecular complexity index is 699. The predicted octanol–water partition coefficient (Wildman–Crippen LogP) is 4.56. The van der Waals surface area contributed by atoms with Gasteiger partial charge in [0.15, 0.2) is 0 Å². The lowest BCUT2D eigenvalue weighted by Crippen LogP contribution is -2.12. The molecule has 0 heterocycles. The number of benzene rings is 2. The van der Waals surface area contributed by atoms with Crippen molar-refractivity contribution in [3.05, 3.63) is 57.0 Å². The van der Waals surface area contributed by atoms with Crippen molar-refractivity contribution < 1.29 is 8.42 Å². The highest BCUT2D eigenvalue weighted by Gasteiger charge is 2.14. The van der Waals surface area contributed by atoms with Crippen LogP contribution in [0, 0.1) is 0 Å². The lowest BCUT2D eigenvalue weighted by atomic mass is 10.3. The molecule has 0 unspecified atom stereocenters. The largest absolute Gasteiger partial charge is 0.280 e. The third-order valence-electron chi connectivity index (χ3n) is 2.22. The summed E-state index contributed by atoms with van der Waals surface area (Å²) >= 11 is 14.9. The summed E-state index contributed by atoms with van der Waals surface area (Å²) in [4.78, 5) is 0.151. The van der Waals surface area contributed by atoms with Gasteiger partial charge >= 0.3 is 0 Å². The Morgan fingerprint density at radius 1 is 1.00 bits per heavy atom. The Hall–Kier alpha value is -0.750. The second-order valence-corrected chi connectivity index (χ2v) is 7.19. The topological polar surface area (TPSA) is 46.2 Å². The van der Waals surface area contributed by atoms with Crippen LogP contribution in [0.2, 0.25) is 10.0 Å². The van der Waals surface area contributed by atoms with Crippen LogP contribution in [0.1, 0.15) is 0 Å². The molecule has 2 rings (SSSR count). The van der Waals surface area contributed by atoms with Crippen molar-refractivity contribution in [2.45, 2.75) is 4.90 Å². The zero-order valence-corrected chi connectivity index (χ0v) is 13.3. The second kappa shape index (κ2) is 5.71. The van der Waals surface area contributed by atoms with Gasteiger partial charge in [-0.05, 0) is 36.4 Å². The summed E-state index contributed by atoms with van der Waals surface area (Å²) in [5.41, 5.74) is 0.317. The third-order valence-corrected chi connectivity index (χ3v) is 4.53. The van der Waals surface area contributed by atoms with Gasteiger partial charge in [0.05, 0.1) is 10.6 Å². The van der Waals surface area contributed by atoms with Crippen LogP contribution in [-0.2, 0) is 10.0 Å². The molecule has 7 heteroatoms. The molecule has 3 nitrogen and oxygen atoms in total. The van der Waals surface area contributed by atoms with E-state index in [9.17, 15) is 8.42 Å². The van der Waals surface area contributed by atoms with Crippen molar-refractivity contribution in [1.82, 2.24) is 0 Å². The lowest BCUT2D eigenvalue weighted by Gasteiger charge is -2.09. The number of anilines is 1. The smallest absolute Gasteiger partial charge is 0.261 e. The van der Waals surface area contributed by atoms with Crippen LogP contribution in [0.15, 0.2) is 51.8 Å². The van der Waals surface area contributed by atoms with Crippen molar-refractivity contribution in [1.29, 1.82) is 0 Å². The third kappa shape index (κ3) is 3.86. The van der Waals surface area contributed by atoms with E-state index in [-0.39, 0.29) is 4.90 Å². The molecular weight excluding hydrogens is 373 g/mol. The summed E-state index contributed by atoms with van der Waals surface area (Å²) in [5.74, 6) is 0. The van der Waals surface area contributed by atoms with Gasteiger partial charge in [-0.1, -0.05) is 45.2 Å². The maximum Gasteiger partial charge on any atom is 0.261 e. The predicted molar refractivity (Wildman–Crippen MR) is 81.4 cm³/mol. The van der Waals surface area contributed by atoms with E-state index in [0.29, 0.717) is 20.2 Å². The minimum atomic E-state index is -3.67. The van der Waals surface area contributed by atoms with Crippen molar-refractivity contribution in [2.24, 2.45) is 0 Å². The normalized spacial score (nSPS) is 11.3. The van der Waals surface area contributed by atoms with Gasteiger partial charge in [-0.15, -0.1) is 0 Å². The summed E-state index contributed by atoms with van der Waals surface area (Å²) in [7, 11) is -3.67. The molecule has 0 fully saturated rings. The van der Waals surface area contributed by atoms with Crippen molar-refractivity contribution >= 4 is 54.8 Å². The first kappa shape index (κ1) is 14.7. The van der Waals surface area contributed by atoms with Gasteiger partial charge in [-0.3, -0.25) is 4.72 Å². The average molecular weight is 381 g/mol. The molecule has 0 saturated carbocycles. The Kier molecular flexibility index (Phi) is 4.40. The summed E-state index contributed by atoms with van der Waals surface area (Å²) in [6, 6.07) is 10.9. The Labute approximate surface area is 129 Å². The molecule has 0 saturated heterocycles. The van der Waals surface area contributed by atoms with Crippen molar-refractivity contribution in [2.75, 3.05) is 4.72 Å². The fourth-order valence-electron chi connectivity index (χ4n) is 1.46. The van der Waals surface area contributed by atoms with E-state index < -0.39 is 10.0 Å². The molecule has 1 N–H and O–H groups in total. The average Bonchev–Trinajstić information content (AvgIpc) is 2.26. The van der Waals surface area contributed by atoms with Crippen molar-refractivity contribution in [3.63, 3.8) is 0 Å². The maximum absolute atomic E-state index is 12.2. The summed E-state index contributed by atoms with van der Waals surface area (Å²) < 4.78 is 27.4. The van der Waals surface area contributed by atoms with Crippen LogP contribution >= 0.6 is 39.1 Å². The fraction of sp³-hybridized carbons (Fsp3) is 0. The van der Waals surface area contributed by atoms with Gasteiger partial charge in [0.2, 0.25) is 0 Å². The van der Waals surface area contributed by atoms with Crippen LogP contribution in [-0.4, -0.2) is 8.42 Å². The Balaban J connectivity index is 2.36. The molecule has 0 aromatic heterocycles. The minimum Gasteiger partial charge on any atom is -0.280 e. The quantitative estimate of drug-likeness (QED) is 0.848. The molecule has 0 aliphatic heterocycles. The molecular formula is C12H8BrCl2NO2S. The van der Waals surface area contributed by atoms with E-state index in [1.54, 1.807) is 12.1 Å². The zero-order valence-electron chi connectivity index (χ0n) is 9.40. The van der Waals surface area contributed by atoms with Gasteiger partial charge in [-0.25, -0.2) is 8.42 Å². The van der Waals surface area contributed by atoms with Gasteiger partial charge in [-0.2, -0.15) is 0 Å². The first-order chi connectivity index (χ1) is 8.87. The number of rotatable bonds is 3. The number of hydrogen-bond donors (Lipinski definition) is 1. The number of halogens is 3. The monoisotopic (exact) mass is 379 g/mol. The van der Waals surface area contributed by atoms with Crippen LogP contribution in [0.25, 0.3) is 0 Å². The first-order valence-electron chi connectivity index (χ1n) is 5.11. The van der Waals surface area contributed by atoms with E-state index in [4.69, 9.17) is 23.2 Å². The van der Waals surface area contributed by atoms with E-state index in [1.807, 2.05) is 0 Å². The van der Waals surface area contributed by atoms with Gasteiger partial charge in [0.25, 0.3) is 10.0 Å². The van der Waals surface area contributed by atoms with Crippen LogP contribution < -0.4 is 4.72 Å². The SMILES string of the molecule is O=S(=O)(Nc1cc(Cl)cc(Cl)c1)c1cccc(Br)c1. The molecule has 2 aromatic rings. The maximum atomic E-state index is 12.2. The van der Waals surface area contributed by atoms with E-state index in [0.717, 1.165) is 0 Å². The van der Waals surface area contributed by atoms with Crippen LogP contribution in [0.5, 0.6) is 0 Å². The molecule has 0 aliphatic carbocycles.